The number of nitrogens with zero attached hydrogens (tertiary/aromatic N) is 1. The minimum absolute atomic E-state index is 0.0118. The van der Waals surface area contributed by atoms with Crippen LogP contribution in [0.5, 0.6) is 0 Å². The summed E-state index contributed by atoms with van der Waals surface area (Å²) in [5.74, 6) is 2.74. The third-order valence-corrected chi connectivity index (χ3v) is 1.80. The monoisotopic (exact) mass is 231 g/mol. The van der Waals surface area contributed by atoms with Crippen LogP contribution in [-0.4, -0.2) is 27.6 Å². The lowest BCUT2D eigenvalue weighted by Gasteiger charge is -1.99. The van der Waals surface area contributed by atoms with Crippen LogP contribution in [0.15, 0.2) is 12.1 Å². The molecule has 0 amide bonds. The van der Waals surface area contributed by atoms with Crippen molar-refractivity contribution in [1.29, 1.82) is 0 Å². The number of carbonyl (C=O) groups is 3. The zero-order valence-electron chi connectivity index (χ0n) is 9.27. The molecule has 5 nitrogen and oxygen atoms in total. The number of aromatic carboxylic acids is 1. The molecular formula is C12H9NO4. The van der Waals surface area contributed by atoms with Crippen LogP contribution >= 0.6 is 0 Å². The van der Waals surface area contributed by atoms with Crippen LogP contribution in [0.3, 0.4) is 0 Å². The van der Waals surface area contributed by atoms with Crippen molar-refractivity contribution < 1.29 is 19.5 Å². The molecule has 0 aliphatic carbocycles. The second kappa shape index (κ2) is 5.03. The summed E-state index contributed by atoms with van der Waals surface area (Å²) in [6, 6.07) is 2.38. The number of carbonyl (C=O) groups excluding carboxylic acids is 2. The molecule has 0 fully saturated rings. The number of hydrogen-bond donors (Lipinski definition) is 1. The number of Topliss-reactive ketones (excluding diaryl/α,β-unsaturated/α-hetero) is 2. The molecule has 0 saturated heterocycles. The Hall–Kier alpha value is -2.48. The maximum absolute atomic E-state index is 11.1. The molecule has 0 aliphatic rings. The Morgan fingerprint density at radius 2 is 1.88 bits per heavy atom. The van der Waals surface area contributed by atoms with E-state index >= 15 is 0 Å². The van der Waals surface area contributed by atoms with Crippen LogP contribution < -0.4 is 0 Å². The van der Waals surface area contributed by atoms with Gasteiger partial charge < -0.3 is 5.11 Å². The second-order valence-corrected chi connectivity index (χ2v) is 3.29. The molecule has 0 radical (unpaired) electrons. The topological polar surface area (TPSA) is 84.3 Å². The van der Waals surface area contributed by atoms with Gasteiger partial charge in [0.05, 0.1) is 5.56 Å². The first kappa shape index (κ1) is 12.6. The van der Waals surface area contributed by atoms with Gasteiger partial charge in [0, 0.05) is 13.8 Å². The van der Waals surface area contributed by atoms with Gasteiger partial charge in [-0.3, -0.25) is 9.59 Å². The predicted octanol–water partition coefficient (Wildman–Crippen LogP) is 0.923. The molecule has 0 bridgehead atoms. The van der Waals surface area contributed by atoms with Crippen LogP contribution in [0.1, 0.15) is 40.4 Å². The number of carboxylic acids is 1. The Kier molecular flexibility index (Phi) is 3.73. The van der Waals surface area contributed by atoms with Crippen molar-refractivity contribution in [3.8, 4) is 11.8 Å². The number of ketones is 2. The molecule has 86 valence electrons. The average Bonchev–Trinajstić information content (AvgIpc) is 2.25. The van der Waals surface area contributed by atoms with Gasteiger partial charge in [-0.1, -0.05) is 0 Å². The van der Waals surface area contributed by atoms with Crippen LogP contribution in [0, 0.1) is 11.8 Å². The van der Waals surface area contributed by atoms with E-state index in [1.54, 1.807) is 0 Å². The van der Waals surface area contributed by atoms with Crippen molar-refractivity contribution in [2.45, 2.75) is 13.8 Å². The molecule has 0 aliphatic heterocycles. The van der Waals surface area contributed by atoms with Crippen molar-refractivity contribution in [1.82, 2.24) is 4.98 Å². The SMILES string of the molecule is CC(=O)C#Cc1cc(C(=O)O)cc(C(C)=O)n1. The molecule has 0 atom stereocenters. The number of rotatable bonds is 2. The predicted molar refractivity (Wildman–Crippen MR) is 58.8 cm³/mol. The Labute approximate surface area is 97.5 Å². The van der Waals surface area contributed by atoms with Crippen LogP contribution in [0.25, 0.3) is 0 Å². The molecule has 0 aromatic carbocycles. The molecule has 0 spiro atoms. The van der Waals surface area contributed by atoms with Crippen molar-refractivity contribution in [2.24, 2.45) is 0 Å². The van der Waals surface area contributed by atoms with E-state index in [0.29, 0.717) is 0 Å². The molecule has 1 rings (SSSR count). The average molecular weight is 231 g/mol. The van der Waals surface area contributed by atoms with Gasteiger partial charge >= 0.3 is 5.97 Å². The van der Waals surface area contributed by atoms with Crippen LogP contribution in [-0.2, 0) is 4.79 Å². The fourth-order valence-corrected chi connectivity index (χ4v) is 1.05. The summed E-state index contributed by atoms with van der Waals surface area (Å²) in [5.41, 5.74) is 0.0149. The van der Waals surface area contributed by atoms with Gasteiger partial charge in [0.2, 0.25) is 5.78 Å². The zero-order chi connectivity index (χ0) is 13.0. The smallest absolute Gasteiger partial charge is 0.335 e. The van der Waals surface area contributed by atoms with Crippen molar-refractivity contribution in [3.63, 3.8) is 0 Å². The number of pyridine rings is 1. The fraction of sp³-hybridized carbons (Fsp3) is 0.167. The van der Waals surface area contributed by atoms with Gasteiger partial charge in [0.15, 0.2) is 5.78 Å². The van der Waals surface area contributed by atoms with E-state index in [1.165, 1.54) is 26.0 Å². The van der Waals surface area contributed by atoms with E-state index in [2.05, 4.69) is 16.8 Å². The highest BCUT2D eigenvalue weighted by atomic mass is 16.4. The van der Waals surface area contributed by atoms with E-state index in [1.807, 2.05) is 0 Å². The molecule has 0 saturated carbocycles. The lowest BCUT2D eigenvalue weighted by Crippen LogP contribution is -2.05. The molecule has 1 N–H and O–H groups in total. The summed E-state index contributed by atoms with van der Waals surface area (Å²) in [6.45, 7) is 2.55. The third-order valence-electron chi connectivity index (χ3n) is 1.80. The van der Waals surface area contributed by atoms with Gasteiger partial charge in [-0.2, -0.15) is 0 Å². The number of aromatic nitrogens is 1. The Morgan fingerprint density at radius 3 is 2.35 bits per heavy atom. The molecule has 1 aromatic heterocycles. The highest BCUT2D eigenvalue weighted by molar-refractivity contribution is 5.96. The maximum Gasteiger partial charge on any atom is 0.335 e. The van der Waals surface area contributed by atoms with Crippen molar-refractivity contribution >= 4 is 17.5 Å². The zero-order valence-corrected chi connectivity index (χ0v) is 9.27. The highest BCUT2D eigenvalue weighted by Crippen LogP contribution is 2.06. The van der Waals surface area contributed by atoms with E-state index in [4.69, 9.17) is 5.11 Å². The Bertz CT molecular complexity index is 531. The summed E-state index contributed by atoms with van der Waals surface area (Å²) in [7, 11) is 0. The summed E-state index contributed by atoms with van der Waals surface area (Å²) in [4.78, 5) is 36.5. The van der Waals surface area contributed by atoms with E-state index in [-0.39, 0.29) is 28.5 Å². The number of carboxylic acid groups (broad SMARTS) is 1. The molecule has 1 heterocycles. The molecule has 5 heteroatoms. The second-order valence-electron chi connectivity index (χ2n) is 3.29. The number of hydrogen-bond acceptors (Lipinski definition) is 4. The summed E-state index contributed by atoms with van der Waals surface area (Å²) in [5, 5.41) is 8.84. The van der Waals surface area contributed by atoms with Gasteiger partial charge in [0.25, 0.3) is 0 Å². The standard InChI is InChI=1S/C12H9NO4/c1-7(14)3-4-10-5-9(12(16)17)6-11(13-10)8(2)15/h5-6H,1-2H3,(H,16,17). The van der Waals surface area contributed by atoms with Gasteiger partial charge in [-0.15, -0.1) is 0 Å². The Morgan fingerprint density at radius 1 is 1.24 bits per heavy atom. The van der Waals surface area contributed by atoms with Gasteiger partial charge in [-0.05, 0) is 24.0 Å². The van der Waals surface area contributed by atoms with E-state index in [0.717, 1.165) is 0 Å². The van der Waals surface area contributed by atoms with Crippen LogP contribution in [0.4, 0.5) is 0 Å². The quantitative estimate of drug-likeness (QED) is 0.604. The largest absolute Gasteiger partial charge is 0.478 e. The molecule has 0 unspecified atom stereocenters. The lowest BCUT2D eigenvalue weighted by atomic mass is 10.1. The van der Waals surface area contributed by atoms with Gasteiger partial charge in [0.1, 0.15) is 11.4 Å². The third kappa shape index (κ3) is 3.54. The van der Waals surface area contributed by atoms with Crippen LogP contribution in [0.2, 0.25) is 0 Å². The summed E-state index contributed by atoms with van der Waals surface area (Å²) in [6.07, 6.45) is 0. The minimum atomic E-state index is -1.18. The van der Waals surface area contributed by atoms with E-state index < -0.39 is 5.97 Å². The molecule has 1 aromatic rings. The highest BCUT2D eigenvalue weighted by Gasteiger charge is 2.10. The molecule has 17 heavy (non-hydrogen) atoms. The minimum Gasteiger partial charge on any atom is -0.478 e. The summed E-state index contributed by atoms with van der Waals surface area (Å²) >= 11 is 0. The van der Waals surface area contributed by atoms with E-state index in [9.17, 15) is 14.4 Å². The lowest BCUT2D eigenvalue weighted by molar-refractivity contribution is -0.111. The first-order valence-electron chi connectivity index (χ1n) is 4.69. The first-order chi connectivity index (χ1) is 7.90. The van der Waals surface area contributed by atoms with Crippen molar-refractivity contribution in [2.75, 3.05) is 0 Å². The fourth-order valence-electron chi connectivity index (χ4n) is 1.05. The molecular weight excluding hydrogens is 222 g/mol. The Balaban J connectivity index is 3.33. The maximum atomic E-state index is 11.1. The normalized spacial score (nSPS) is 9.06. The summed E-state index contributed by atoms with van der Waals surface area (Å²) < 4.78 is 0. The van der Waals surface area contributed by atoms with Gasteiger partial charge in [-0.25, -0.2) is 9.78 Å². The first-order valence-corrected chi connectivity index (χ1v) is 4.69. The van der Waals surface area contributed by atoms with Crippen molar-refractivity contribution in [3.05, 3.63) is 29.1 Å².